The second-order valence-corrected chi connectivity index (χ2v) is 4.79. The third-order valence-corrected chi connectivity index (χ3v) is 3.17. The van der Waals surface area contributed by atoms with E-state index >= 15 is 0 Å². The van der Waals surface area contributed by atoms with E-state index in [9.17, 15) is 9.59 Å². The molecule has 1 saturated heterocycles. The first-order valence-electron chi connectivity index (χ1n) is 6.68. The lowest BCUT2D eigenvalue weighted by molar-refractivity contribution is -0.123. The molecule has 1 aliphatic rings. The van der Waals surface area contributed by atoms with Crippen LogP contribution in [0.2, 0.25) is 0 Å². The van der Waals surface area contributed by atoms with Gasteiger partial charge in [0.1, 0.15) is 5.75 Å². The highest BCUT2D eigenvalue weighted by Crippen LogP contribution is 2.11. The smallest absolute Gasteiger partial charge is 0.258 e. The summed E-state index contributed by atoms with van der Waals surface area (Å²) in [7, 11) is 0. The molecule has 0 aliphatic carbocycles. The molecule has 0 spiro atoms. The number of ether oxygens (including phenoxy) is 1. The maximum atomic E-state index is 11.7. The van der Waals surface area contributed by atoms with Crippen molar-refractivity contribution in [1.82, 2.24) is 10.6 Å². The summed E-state index contributed by atoms with van der Waals surface area (Å²) in [5.74, 6) is -0.0938. The molecule has 0 saturated carbocycles. The highest BCUT2D eigenvalue weighted by atomic mass is 16.5. The molecular formula is C14H19N3O3. The molecule has 4 N–H and O–H groups in total. The summed E-state index contributed by atoms with van der Waals surface area (Å²) in [6.45, 7) is 1.78. The average molecular weight is 277 g/mol. The minimum absolute atomic E-state index is 0.0353. The van der Waals surface area contributed by atoms with Crippen LogP contribution in [0.3, 0.4) is 0 Å². The van der Waals surface area contributed by atoms with Gasteiger partial charge in [-0.1, -0.05) is 0 Å². The number of nitrogens with two attached hydrogens (primary N) is 1. The number of piperidine rings is 1. The van der Waals surface area contributed by atoms with Crippen LogP contribution in [-0.2, 0) is 4.79 Å². The number of amides is 2. The van der Waals surface area contributed by atoms with E-state index < -0.39 is 5.91 Å². The van der Waals surface area contributed by atoms with Crippen LogP contribution in [-0.4, -0.2) is 37.6 Å². The van der Waals surface area contributed by atoms with Gasteiger partial charge in [0.25, 0.3) is 5.91 Å². The molecule has 108 valence electrons. The van der Waals surface area contributed by atoms with E-state index in [2.05, 4.69) is 10.6 Å². The highest BCUT2D eigenvalue weighted by molar-refractivity contribution is 5.92. The monoisotopic (exact) mass is 277 g/mol. The molecule has 2 amide bonds. The van der Waals surface area contributed by atoms with Gasteiger partial charge >= 0.3 is 0 Å². The third-order valence-electron chi connectivity index (χ3n) is 3.17. The van der Waals surface area contributed by atoms with Crippen LogP contribution < -0.4 is 21.1 Å². The number of benzene rings is 1. The quantitative estimate of drug-likeness (QED) is 0.708. The average Bonchev–Trinajstić information content (AvgIpc) is 2.46. The topological polar surface area (TPSA) is 93.5 Å². The van der Waals surface area contributed by atoms with Gasteiger partial charge in [0.05, 0.1) is 0 Å². The van der Waals surface area contributed by atoms with E-state index in [-0.39, 0.29) is 18.6 Å². The summed E-state index contributed by atoms with van der Waals surface area (Å²) in [5, 5.41) is 6.15. The summed E-state index contributed by atoms with van der Waals surface area (Å²) in [6.07, 6.45) is 2.06. The van der Waals surface area contributed by atoms with Crippen LogP contribution in [0.25, 0.3) is 0 Å². The van der Waals surface area contributed by atoms with Gasteiger partial charge in [0, 0.05) is 18.2 Å². The molecule has 2 rings (SSSR count). The van der Waals surface area contributed by atoms with Crippen molar-refractivity contribution in [3.63, 3.8) is 0 Å². The Labute approximate surface area is 117 Å². The lowest BCUT2D eigenvalue weighted by Gasteiger charge is -2.23. The zero-order chi connectivity index (χ0) is 14.4. The minimum atomic E-state index is -0.487. The fraction of sp³-hybridized carbons (Fsp3) is 0.429. The Morgan fingerprint density at radius 1 is 1.35 bits per heavy atom. The molecule has 0 aromatic heterocycles. The van der Waals surface area contributed by atoms with Crippen molar-refractivity contribution in [2.45, 2.75) is 18.9 Å². The Bertz CT molecular complexity index is 467. The maximum Gasteiger partial charge on any atom is 0.258 e. The van der Waals surface area contributed by atoms with E-state index in [0.29, 0.717) is 11.3 Å². The van der Waals surface area contributed by atoms with Gasteiger partial charge in [-0.2, -0.15) is 0 Å². The SMILES string of the molecule is NC(=O)c1ccc(OCC(=O)N[C@H]2CCCNC2)cc1. The number of hydrogen-bond donors (Lipinski definition) is 3. The molecule has 1 fully saturated rings. The Kier molecular flexibility index (Phi) is 4.95. The lowest BCUT2D eigenvalue weighted by Crippen LogP contribution is -2.46. The summed E-state index contributed by atoms with van der Waals surface area (Å²) < 4.78 is 5.36. The number of carbonyl (C=O) groups excluding carboxylic acids is 2. The summed E-state index contributed by atoms with van der Waals surface area (Å²) in [5.41, 5.74) is 5.55. The largest absolute Gasteiger partial charge is 0.484 e. The number of hydrogen-bond acceptors (Lipinski definition) is 4. The van der Waals surface area contributed by atoms with Gasteiger partial charge in [-0.25, -0.2) is 0 Å². The van der Waals surface area contributed by atoms with E-state index in [0.717, 1.165) is 25.9 Å². The number of primary amides is 1. The van der Waals surface area contributed by atoms with Crippen molar-refractivity contribution < 1.29 is 14.3 Å². The van der Waals surface area contributed by atoms with Crippen LogP contribution in [0.5, 0.6) is 5.75 Å². The van der Waals surface area contributed by atoms with E-state index in [1.807, 2.05) is 0 Å². The van der Waals surface area contributed by atoms with Crippen LogP contribution in [0, 0.1) is 0 Å². The summed E-state index contributed by atoms with van der Waals surface area (Å²) in [4.78, 5) is 22.6. The minimum Gasteiger partial charge on any atom is -0.484 e. The normalized spacial score (nSPS) is 18.3. The van der Waals surface area contributed by atoms with Crippen molar-refractivity contribution in [3.8, 4) is 5.75 Å². The van der Waals surface area contributed by atoms with Gasteiger partial charge in [-0.05, 0) is 43.7 Å². The molecule has 1 aromatic carbocycles. The Hall–Kier alpha value is -2.08. The highest BCUT2D eigenvalue weighted by Gasteiger charge is 2.15. The summed E-state index contributed by atoms with van der Waals surface area (Å²) >= 11 is 0. The fourth-order valence-corrected chi connectivity index (χ4v) is 2.11. The van der Waals surface area contributed by atoms with Gasteiger partial charge in [0.2, 0.25) is 5.91 Å². The van der Waals surface area contributed by atoms with Crippen LogP contribution in [0.1, 0.15) is 23.2 Å². The second kappa shape index (κ2) is 6.91. The van der Waals surface area contributed by atoms with E-state index in [1.54, 1.807) is 24.3 Å². The molecule has 0 unspecified atom stereocenters. The summed E-state index contributed by atoms with van der Waals surface area (Å²) in [6, 6.07) is 6.56. The van der Waals surface area contributed by atoms with Crippen molar-refractivity contribution >= 4 is 11.8 Å². The zero-order valence-corrected chi connectivity index (χ0v) is 11.2. The molecule has 0 bridgehead atoms. The molecule has 1 aliphatic heterocycles. The third kappa shape index (κ3) is 4.24. The predicted octanol–water partition coefficient (Wildman–Crippen LogP) is 0.0325. The van der Waals surface area contributed by atoms with Crippen LogP contribution in [0.4, 0.5) is 0 Å². The standard InChI is InChI=1S/C14H19N3O3/c15-14(19)10-3-5-12(6-4-10)20-9-13(18)17-11-2-1-7-16-8-11/h3-6,11,16H,1-2,7-9H2,(H2,15,19)(H,17,18)/t11-/m0/s1. The molecule has 1 atom stereocenters. The van der Waals surface area contributed by atoms with E-state index in [1.165, 1.54) is 0 Å². The fourth-order valence-electron chi connectivity index (χ4n) is 2.11. The van der Waals surface area contributed by atoms with E-state index in [4.69, 9.17) is 10.5 Å². The van der Waals surface area contributed by atoms with Gasteiger partial charge in [-0.3, -0.25) is 9.59 Å². The van der Waals surface area contributed by atoms with Crippen LogP contribution in [0.15, 0.2) is 24.3 Å². The Morgan fingerprint density at radius 3 is 2.70 bits per heavy atom. The first-order valence-corrected chi connectivity index (χ1v) is 6.68. The van der Waals surface area contributed by atoms with Crippen molar-refractivity contribution in [2.75, 3.05) is 19.7 Å². The predicted molar refractivity (Wildman–Crippen MR) is 74.5 cm³/mol. The molecule has 6 heteroatoms. The maximum absolute atomic E-state index is 11.7. The van der Waals surface area contributed by atoms with Gasteiger partial charge in [0.15, 0.2) is 6.61 Å². The van der Waals surface area contributed by atoms with Crippen LogP contribution >= 0.6 is 0 Å². The zero-order valence-electron chi connectivity index (χ0n) is 11.2. The second-order valence-electron chi connectivity index (χ2n) is 4.79. The molecule has 1 heterocycles. The molecular weight excluding hydrogens is 258 g/mol. The number of rotatable bonds is 5. The first-order chi connectivity index (χ1) is 9.65. The molecule has 0 radical (unpaired) electrons. The molecule has 20 heavy (non-hydrogen) atoms. The Morgan fingerprint density at radius 2 is 2.10 bits per heavy atom. The van der Waals surface area contributed by atoms with Crippen molar-refractivity contribution in [2.24, 2.45) is 5.73 Å². The van der Waals surface area contributed by atoms with Crippen molar-refractivity contribution in [3.05, 3.63) is 29.8 Å². The number of carbonyl (C=O) groups is 2. The molecule has 6 nitrogen and oxygen atoms in total. The Balaban J connectivity index is 1.76. The lowest BCUT2D eigenvalue weighted by atomic mass is 10.1. The first kappa shape index (κ1) is 14.3. The van der Waals surface area contributed by atoms with Gasteiger partial charge < -0.3 is 21.1 Å². The number of nitrogens with one attached hydrogen (secondary N) is 2. The van der Waals surface area contributed by atoms with Crippen molar-refractivity contribution in [1.29, 1.82) is 0 Å². The molecule has 1 aromatic rings. The van der Waals surface area contributed by atoms with Gasteiger partial charge in [-0.15, -0.1) is 0 Å².